The number of carbonyl (C=O) groups is 2. The summed E-state index contributed by atoms with van der Waals surface area (Å²) in [5.74, 6) is -0.112. The normalized spacial score (nSPS) is 11.7. The molecule has 0 aliphatic rings. The van der Waals surface area contributed by atoms with E-state index in [0.717, 1.165) is 29.5 Å². The molecule has 0 spiro atoms. The predicted octanol–water partition coefficient (Wildman–Crippen LogP) is 5.30. The van der Waals surface area contributed by atoms with Gasteiger partial charge in [0.1, 0.15) is 6.04 Å². The molecule has 30 heavy (non-hydrogen) atoms. The highest BCUT2D eigenvalue weighted by Crippen LogP contribution is 2.19. The molecule has 0 aliphatic carbocycles. The minimum atomic E-state index is -0.485. The van der Waals surface area contributed by atoms with Crippen LogP contribution in [0.15, 0.2) is 48.5 Å². The van der Waals surface area contributed by atoms with E-state index < -0.39 is 6.04 Å². The van der Waals surface area contributed by atoms with Gasteiger partial charge in [-0.25, -0.2) is 0 Å². The van der Waals surface area contributed by atoms with E-state index in [-0.39, 0.29) is 11.8 Å². The van der Waals surface area contributed by atoms with Crippen LogP contribution in [0.1, 0.15) is 56.2 Å². The zero-order valence-electron chi connectivity index (χ0n) is 18.3. The Bertz CT molecular complexity index is 837. The number of carbonyl (C=O) groups excluding carboxylic acids is 2. The van der Waals surface area contributed by atoms with Crippen LogP contribution in [0.5, 0.6) is 0 Å². The lowest BCUT2D eigenvalue weighted by Crippen LogP contribution is -2.49. The maximum Gasteiger partial charge on any atom is 0.242 e. The molecule has 0 bridgehead atoms. The number of nitrogens with one attached hydrogen (secondary N) is 1. The van der Waals surface area contributed by atoms with Crippen molar-refractivity contribution >= 4 is 23.4 Å². The van der Waals surface area contributed by atoms with E-state index in [2.05, 4.69) is 18.3 Å². The maximum atomic E-state index is 13.3. The Morgan fingerprint density at radius 2 is 1.87 bits per heavy atom. The third-order valence-corrected chi connectivity index (χ3v) is 5.59. The number of hydrogen-bond donors (Lipinski definition) is 1. The van der Waals surface area contributed by atoms with Gasteiger partial charge in [0.05, 0.1) is 0 Å². The van der Waals surface area contributed by atoms with Crippen LogP contribution in [-0.2, 0) is 22.6 Å². The topological polar surface area (TPSA) is 49.4 Å². The quantitative estimate of drug-likeness (QED) is 0.493. The lowest BCUT2D eigenvalue weighted by atomic mass is 10.1. The molecule has 0 saturated heterocycles. The van der Waals surface area contributed by atoms with Crippen molar-refractivity contribution in [3.8, 4) is 0 Å². The summed E-state index contributed by atoms with van der Waals surface area (Å²) in [4.78, 5) is 27.8. The average molecular weight is 429 g/mol. The van der Waals surface area contributed by atoms with Crippen molar-refractivity contribution in [2.45, 2.75) is 65.5 Å². The molecule has 5 heteroatoms. The summed E-state index contributed by atoms with van der Waals surface area (Å²) in [6, 6.07) is 15.2. The van der Waals surface area contributed by atoms with E-state index in [1.54, 1.807) is 4.90 Å². The molecule has 2 amide bonds. The highest BCUT2D eigenvalue weighted by molar-refractivity contribution is 6.31. The van der Waals surface area contributed by atoms with Crippen molar-refractivity contribution in [3.05, 3.63) is 70.2 Å². The zero-order valence-corrected chi connectivity index (χ0v) is 19.0. The number of hydrogen-bond acceptors (Lipinski definition) is 2. The molecule has 0 radical (unpaired) electrons. The van der Waals surface area contributed by atoms with Gasteiger partial charge in [-0.3, -0.25) is 9.59 Å². The van der Waals surface area contributed by atoms with E-state index >= 15 is 0 Å². The first kappa shape index (κ1) is 23.9. The molecule has 162 valence electrons. The van der Waals surface area contributed by atoms with Gasteiger partial charge in [-0.15, -0.1) is 0 Å². The molecular weight excluding hydrogens is 396 g/mol. The van der Waals surface area contributed by atoms with Gasteiger partial charge in [-0.1, -0.05) is 79.9 Å². The Morgan fingerprint density at radius 1 is 1.10 bits per heavy atom. The summed E-state index contributed by atoms with van der Waals surface area (Å²) in [7, 11) is 0. The SMILES string of the molecule is CCCCNC(=O)[C@H](CC)N(Cc1cccc(C)c1)C(=O)CCc1ccccc1Cl. The molecule has 1 atom stereocenters. The van der Waals surface area contributed by atoms with E-state index in [0.29, 0.717) is 37.4 Å². The van der Waals surface area contributed by atoms with Crippen LogP contribution in [0.3, 0.4) is 0 Å². The highest BCUT2D eigenvalue weighted by Gasteiger charge is 2.28. The number of nitrogens with zero attached hydrogens (tertiary/aromatic N) is 1. The van der Waals surface area contributed by atoms with Gasteiger partial charge >= 0.3 is 0 Å². The van der Waals surface area contributed by atoms with Crippen LogP contribution < -0.4 is 5.32 Å². The van der Waals surface area contributed by atoms with Crippen molar-refractivity contribution in [2.24, 2.45) is 0 Å². The first-order valence-electron chi connectivity index (χ1n) is 10.8. The Labute approximate surface area is 185 Å². The fourth-order valence-corrected chi connectivity index (χ4v) is 3.75. The molecule has 0 saturated carbocycles. The average Bonchev–Trinajstić information content (AvgIpc) is 2.73. The van der Waals surface area contributed by atoms with Crippen LogP contribution in [0.25, 0.3) is 0 Å². The molecule has 1 N–H and O–H groups in total. The fourth-order valence-electron chi connectivity index (χ4n) is 3.52. The Kier molecular flexibility index (Phi) is 9.88. The Hall–Kier alpha value is -2.33. The largest absolute Gasteiger partial charge is 0.354 e. The minimum Gasteiger partial charge on any atom is -0.354 e. The molecule has 0 fully saturated rings. The Morgan fingerprint density at radius 3 is 2.53 bits per heavy atom. The van der Waals surface area contributed by atoms with Crippen molar-refractivity contribution < 1.29 is 9.59 Å². The maximum absolute atomic E-state index is 13.3. The third kappa shape index (κ3) is 7.17. The van der Waals surface area contributed by atoms with E-state index in [1.165, 1.54) is 0 Å². The molecule has 0 heterocycles. The molecule has 0 aromatic heterocycles. The summed E-state index contributed by atoms with van der Waals surface area (Å²) >= 11 is 6.26. The van der Waals surface area contributed by atoms with Gasteiger partial charge in [0.2, 0.25) is 11.8 Å². The summed E-state index contributed by atoms with van der Waals surface area (Å²) in [6.07, 6.45) is 3.38. The second-order valence-electron chi connectivity index (χ2n) is 7.67. The van der Waals surface area contributed by atoms with Crippen molar-refractivity contribution in [1.82, 2.24) is 10.2 Å². The van der Waals surface area contributed by atoms with Crippen LogP contribution in [0, 0.1) is 6.92 Å². The summed E-state index contributed by atoms with van der Waals surface area (Å²) in [5, 5.41) is 3.66. The van der Waals surface area contributed by atoms with E-state index in [9.17, 15) is 9.59 Å². The lowest BCUT2D eigenvalue weighted by molar-refractivity contribution is -0.141. The van der Waals surface area contributed by atoms with Gasteiger partial charge in [-0.05, 0) is 43.4 Å². The minimum absolute atomic E-state index is 0.0334. The van der Waals surface area contributed by atoms with Gasteiger partial charge < -0.3 is 10.2 Å². The third-order valence-electron chi connectivity index (χ3n) is 5.22. The predicted molar refractivity (Wildman–Crippen MR) is 123 cm³/mol. The van der Waals surface area contributed by atoms with Crippen LogP contribution in [0.4, 0.5) is 0 Å². The van der Waals surface area contributed by atoms with Crippen LogP contribution >= 0.6 is 11.6 Å². The van der Waals surface area contributed by atoms with Crippen molar-refractivity contribution in [2.75, 3.05) is 6.54 Å². The molecular formula is C25H33ClN2O2. The standard InChI is InChI=1S/C25H33ClN2O2/c1-4-6-16-27-25(30)23(5-2)28(18-20-11-9-10-19(3)17-20)24(29)15-14-21-12-7-8-13-22(21)26/h7-13,17,23H,4-6,14-16,18H2,1-3H3,(H,27,30)/t23-/m0/s1. The lowest BCUT2D eigenvalue weighted by Gasteiger charge is -2.31. The number of unbranched alkanes of at least 4 members (excludes halogenated alkanes) is 1. The monoisotopic (exact) mass is 428 g/mol. The van der Waals surface area contributed by atoms with Gasteiger partial charge in [0.15, 0.2) is 0 Å². The first-order chi connectivity index (χ1) is 14.5. The molecule has 0 unspecified atom stereocenters. The highest BCUT2D eigenvalue weighted by atomic mass is 35.5. The zero-order chi connectivity index (χ0) is 21.9. The van der Waals surface area contributed by atoms with E-state index in [4.69, 9.17) is 11.6 Å². The van der Waals surface area contributed by atoms with Crippen molar-refractivity contribution in [1.29, 1.82) is 0 Å². The van der Waals surface area contributed by atoms with Gasteiger partial charge in [0.25, 0.3) is 0 Å². The molecule has 0 aliphatic heterocycles. The summed E-state index contributed by atoms with van der Waals surface area (Å²) < 4.78 is 0. The molecule has 2 aromatic carbocycles. The smallest absolute Gasteiger partial charge is 0.242 e. The second-order valence-corrected chi connectivity index (χ2v) is 8.08. The van der Waals surface area contributed by atoms with Crippen LogP contribution in [-0.4, -0.2) is 29.3 Å². The van der Waals surface area contributed by atoms with Crippen molar-refractivity contribution in [3.63, 3.8) is 0 Å². The fraction of sp³-hybridized carbons (Fsp3) is 0.440. The Balaban J connectivity index is 2.18. The van der Waals surface area contributed by atoms with Crippen LogP contribution in [0.2, 0.25) is 5.02 Å². The number of benzene rings is 2. The molecule has 2 rings (SSSR count). The molecule has 2 aromatic rings. The second kappa shape index (κ2) is 12.4. The van der Waals surface area contributed by atoms with Gasteiger partial charge in [-0.2, -0.15) is 0 Å². The number of aryl methyl sites for hydroxylation is 2. The first-order valence-corrected chi connectivity index (χ1v) is 11.2. The number of halogens is 1. The number of rotatable bonds is 11. The summed E-state index contributed by atoms with van der Waals surface area (Å²) in [6.45, 7) is 7.13. The van der Waals surface area contributed by atoms with Gasteiger partial charge in [0, 0.05) is 24.5 Å². The molecule has 4 nitrogen and oxygen atoms in total. The summed E-state index contributed by atoms with van der Waals surface area (Å²) in [5.41, 5.74) is 3.11. The number of amides is 2. The van der Waals surface area contributed by atoms with E-state index in [1.807, 2.05) is 56.3 Å².